The number of aromatic nitrogens is 5. The Morgan fingerprint density at radius 2 is 1.57 bits per heavy atom. The van der Waals surface area contributed by atoms with Gasteiger partial charge in [0.25, 0.3) is 0 Å². The van der Waals surface area contributed by atoms with Crippen LogP contribution in [0.15, 0.2) is 77.4 Å². The number of carbonyl (C=O) groups is 3. The summed E-state index contributed by atoms with van der Waals surface area (Å²) in [4.78, 5) is 51.4. The molecule has 7 heterocycles. The van der Waals surface area contributed by atoms with Crippen LogP contribution in [0.5, 0.6) is 5.75 Å². The normalized spacial score (nSPS) is 22.8. The fourth-order valence-corrected chi connectivity index (χ4v) is 11.5. The van der Waals surface area contributed by atoms with Crippen molar-refractivity contribution in [3.05, 3.63) is 84.3 Å². The molecule has 5 aliphatic rings. The van der Waals surface area contributed by atoms with Gasteiger partial charge in [-0.25, -0.2) is 4.79 Å². The Morgan fingerprint density at radius 3 is 2.27 bits per heavy atom. The molecule has 75 heavy (non-hydrogen) atoms. The monoisotopic (exact) mass is 1030 g/mol. The molecule has 2 aromatic carbocycles. The van der Waals surface area contributed by atoms with Crippen LogP contribution in [0, 0.1) is 11.8 Å². The predicted octanol–water partition coefficient (Wildman–Crippen LogP) is 5.59. The van der Waals surface area contributed by atoms with Crippen LogP contribution in [-0.2, 0) is 26.1 Å². The minimum atomic E-state index is -0.812. The molecule has 3 amide bonds. The van der Waals surface area contributed by atoms with Gasteiger partial charge in [0, 0.05) is 110 Å². The number of aliphatic hydroxyl groups is 1. The van der Waals surface area contributed by atoms with E-state index in [1.165, 1.54) is 4.90 Å². The number of phenols is 1. The Bertz CT molecular complexity index is 2760. The number of piperidine rings is 2. The maximum absolute atomic E-state index is 14.4. The summed E-state index contributed by atoms with van der Waals surface area (Å²) in [6, 6.07) is 19.5. The van der Waals surface area contributed by atoms with Gasteiger partial charge in [0.2, 0.25) is 11.8 Å². The lowest BCUT2D eigenvalue weighted by Gasteiger charge is -2.41. The number of nitrogens with one attached hydrogen (secondary N) is 1. The van der Waals surface area contributed by atoms with Crippen LogP contribution in [0.4, 0.5) is 22.1 Å². The number of aryl methyl sites for hydroxylation is 1. The van der Waals surface area contributed by atoms with Crippen molar-refractivity contribution in [2.24, 2.45) is 18.9 Å². The molecule has 400 valence electrons. The van der Waals surface area contributed by atoms with Gasteiger partial charge in [-0.2, -0.15) is 5.10 Å². The van der Waals surface area contributed by atoms with E-state index in [2.05, 4.69) is 40.5 Å². The summed E-state index contributed by atoms with van der Waals surface area (Å²) in [6.45, 7) is 12.8. The number of rotatable bonds is 15. The highest BCUT2D eigenvalue weighted by Gasteiger charge is 2.44. The number of phenolic OH excluding ortho intramolecular Hbond substituents is 1. The zero-order valence-electron chi connectivity index (χ0n) is 43.5. The molecule has 5 fully saturated rings. The van der Waals surface area contributed by atoms with Crippen LogP contribution in [0.25, 0.3) is 22.5 Å². The first-order valence-electron chi connectivity index (χ1n) is 26.8. The number of nitrogens with zero attached hydrogens (tertiary/aromatic N) is 10. The van der Waals surface area contributed by atoms with E-state index in [-0.39, 0.29) is 66.9 Å². The SMILES string of the molecule is CC(C)[C@@H](C(=O)N1C[C@H](O)C[C@H]1C(=O)N[C@@H](C)c1ccc(-c2ccnn2C)cc1)c1cc(N2CCC(CN3CCC(O[C@H]4C[C@H](OC(=O)N5CCN(c6cc(-c7ccccc7O)nnc6N)CC5)C4)CC3)CC2)no1. The van der Waals surface area contributed by atoms with Crippen molar-refractivity contribution in [1.29, 1.82) is 0 Å². The summed E-state index contributed by atoms with van der Waals surface area (Å²) < 4.78 is 20.1. The van der Waals surface area contributed by atoms with E-state index in [0.29, 0.717) is 67.8 Å². The van der Waals surface area contributed by atoms with Crippen LogP contribution in [0.2, 0.25) is 0 Å². The van der Waals surface area contributed by atoms with E-state index in [0.717, 1.165) is 86.7 Å². The smallest absolute Gasteiger partial charge is 0.410 e. The quantitative estimate of drug-likeness (QED) is 0.100. The second-order valence-electron chi connectivity index (χ2n) is 21.6. The Balaban J connectivity index is 0.624. The molecule has 5 aromatic rings. The third-order valence-corrected chi connectivity index (χ3v) is 16.1. The van der Waals surface area contributed by atoms with Gasteiger partial charge in [0.1, 0.15) is 23.8 Å². The molecule has 0 radical (unpaired) electrons. The lowest BCUT2D eigenvalue weighted by atomic mass is 9.91. The van der Waals surface area contributed by atoms with Gasteiger partial charge < -0.3 is 59.8 Å². The summed E-state index contributed by atoms with van der Waals surface area (Å²) in [5.74, 6) is 0.820. The molecule has 10 rings (SSSR count). The van der Waals surface area contributed by atoms with Gasteiger partial charge in [-0.15, -0.1) is 10.2 Å². The molecule has 0 spiro atoms. The zero-order valence-corrected chi connectivity index (χ0v) is 43.5. The average molecular weight is 1030 g/mol. The molecule has 0 bridgehead atoms. The minimum absolute atomic E-state index is 0.0739. The minimum Gasteiger partial charge on any atom is -0.507 e. The number of benzene rings is 2. The van der Waals surface area contributed by atoms with Crippen molar-refractivity contribution in [3.8, 4) is 28.3 Å². The fraction of sp³-hybridized carbons (Fsp3) is 0.545. The second kappa shape index (κ2) is 22.6. The molecule has 1 saturated carbocycles. The van der Waals surface area contributed by atoms with E-state index >= 15 is 0 Å². The van der Waals surface area contributed by atoms with E-state index < -0.39 is 18.1 Å². The van der Waals surface area contributed by atoms with Crippen molar-refractivity contribution in [2.75, 3.05) is 81.0 Å². The molecule has 0 unspecified atom stereocenters. The van der Waals surface area contributed by atoms with E-state index in [4.69, 9.17) is 19.7 Å². The molecule has 4 atom stereocenters. The lowest BCUT2D eigenvalue weighted by molar-refractivity contribution is -0.141. The summed E-state index contributed by atoms with van der Waals surface area (Å²) in [5.41, 5.74) is 11.0. The molecule has 4 saturated heterocycles. The number of nitrogen functional groups attached to an aromatic ring is 1. The predicted molar refractivity (Wildman–Crippen MR) is 282 cm³/mol. The number of hydrogen-bond donors (Lipinski definition) is 4. The highest BCUT2D eigenvalue weighted by Crippen LogP contribution is 2.36. The Kier molecular flexibility index (Phi) is 15.6. The number of aliphatic hydroxyl groups excluding tert-OH is 1. The molecular formula is C55H72N12O8. The number of carbonyl (C=O) groups excluding carboxylic acids is 3. The third-order valence-electron chi connectivity index (χ3n) is 16.1. The van der Waals surface area contributed by atoms with Crippen LogP contribution in [0.3, 0.4) is 0 Å². The van der Waals surface area contributed by atoms with Crippen molar-refractivity contribution in [1.82, 2.24) is 45.2 Å². The molecule has 20 heteroatoms. The first kappa shape index (κ1) is 51.7. The summed E-state index contributed by atoms with van der Waals surface area (Å²) in [6.07, 6.45) is 6.42. The van der Waals surface area contributed by atoms with Crippen LogP contribution < -0.4 is 20.9 Å². The highest BCUT2D eigenvalue weighted by atomic mass is 16.6. The van der Waals surface area contributed by atoms with Crippen molar-refractivity contribution in [3.63, 3.8) is 0 Å². The standard InChI is InChI=1S/C55H72N12O8/c1-34(2)51(54(71)67-33-39(68)27-47(67)53(70)58-35(3)37-9-11-38(12-10-37)45-13-18-57-62(45)4)49-31-50(61-75-49)65-21-14-36(15-22-65)32-63-19-16-40(17-20-63)73-41-28-42(29-41)74-55(72)66-25-23-64(24-26-66)46-30-44(59-60-52(46)56)43-7-5-6-8-48(43)69/h5-13,18,30-31,34-36,39-42,47,51,68-69H,14-17,19-29,32-33H2,1-4H3,(H2,56,60)(H,58,70)/t35-,39+,41-,42-,47-,51+/m0/s1. The molecule has 1 aliphatic carbocycles. The highest BCUT2D eigenvalue weighted by molar-refractivity contribution is 5.91. The zero-order chi connectivity index (χ0) is 52.3. The number of nitrogens with two attached hydrogens (primary N) is 1. The molecule has 3 aromatic heterocycles. The molecule has 5 N–H and O–H groups in total. The van der Waals surface area contributed by atoms with Crippen molar-refractivity contribution in [2.45, 2.75) is 108 Å². The van der Waals surface area contributed by atoms with Gasteiger partial charge in [-0.3, -0.25) is 14.3 Å². The van der Waals surface area contributed by atoms with E-state index in [1.54, 1.807) is 29.3 Å². The largest absolute Gasteiger partial charge is 0.507 e. The number of ether oxygens (including phenoxy) is 2. The van der Waals surface area contributed by atoms with Gasteiger partial charge in [0.05, 0.1) is 41.4 Å². The Morgan fingerprint density at radius 1 is 0.840 bits per heavy atom. The number of para-hydroxylation sites is 1. The first-order chi connectivity index (χ1) is 36.2. The Labute approximate surface area is 438 Å². The molecular weight excluding hydrogens is 957 g/mol. The number of anilines is 3. The number of β-amino-alcohol motifs (C(OH)–C–C–N with tert-alkyl or cyclic N) is 1. The maximum atomic E-state index is 14.4. The van der Waals surface area contributed by atoms with Crippen LogP contribution in [0.1, 0.15) is 89.0 Å². The average Bonchev–Trinajstić information content (AvgIpc) is 4.17. The molecule has 20 nitrogen and oxygen atoms in total. The van der Waals surface area contributed by atoms with Crippen molar-refractivity contribution >= 4 is 35.2 Å². The van der Waals surface area contributed by atoms with Gasteiger partial charge in [-0.1, -0.05) is 55.4 Å². The van der Waals surface area contributed by atoms with Crippen LogP contribution >= 0.6 is 0 Å². The van der Waals surface area contributed by atoms with Crippen LogP contribution in [-0.4, -0.2) is 164 Å². The Hall–Kier alpha value is -6.77. The van der Waals surface area contributed by atoms with Crippen molar-refractivity contribution < 1.29 is 38.6 Å². The number of likely N-dealkylation sites (tertiary alicyclic amines) is 2. The lowest BCUT2D eigenvalue weighted by Crippen LogP contribution is -2.51. The first-order valence-corrected chi connectivity index (χ1v) is 26.8. The fourth-order valence-electron chi connectivity index (χ4n) is 11.5. The van der Waals surface area contributed by atoms with Gasteiger partial charge in [0.15, 0.2) is 17.4 Å². The summed E-state index contributed by atoms with van der Waals surface area (Å²) in [7, 11) is 1.90. The number of amides is 3. The number of piperazine rings is 1. The number of hydrogen-bond acceptors (Lipinski definition) is 16. The number of aromatic hydroxyl groups is 1. The second-order valence-corrected chi connectivity index (χ2v) is 21.6. The van der Waals surface area contributed by atoms with E-state index in [1.807, 2.05) is 81.0 Å². The topological polar surface area (TPSA) is 234 Å². The summed E-state index contributed by atoms with van der Waals surface area (Å²) in [5, 5.41) is 41.2. The van der Waals surface area contributed by atoms with Gasteiger partial charge in [-0.05, 0) is 79.8 Å². The third kappa shape index (κ3) is 11.7. The maximum Gasteiger partial charge on any atom is 0.410 e. The van der Waals surface area contributed by atoms with E-state index in [9.17, 15) is 24.6 Å². The molecule has 4 aliphatic heterocycles. The summed E-state index contributed by atoms with van der Waals surface area (Å²) >= 11 is 0. The van der Waals surface area contributed by atoms with Gasteiger partial charge >= 0.3 is 6.09 Å².